The molecule has 13 heteroatoms. The van der Waals surface area contributed by atoms with Crippen LogP contribution in [0.3, 0.4) is 0 Å². The van der Waals surface area contributed by atoms with E-state index in [4.69, 9.17) is 5.26 Å². The van der Waals surface area contributed by atoms with E-state index in [9.17, 15) is 22.8 Å². The van der Waals surface area contributed by atoms with Crippen molar-refractivity contribution in [1.82, 2.24) is 15.3 Å². The molecule has 1 spiro atoms. The number of carbonyl (C=O) groups is 2. The Balaban J connectivity index is 1.41. The summed E-state index contributed by atoms with van der Waals surface area (Å²) >= 11 is 4.55. The molecule has 1 aliphatic carbocycles. The average Bonchev–Trinajstić information content (AvgIpc) is 3.14. The molecule has 1 aliphatic heterocycles. The number of carbonyl (C=O) groups excluding carboxylic acids is 2. The number of alkyl halides is 3. The summed E-state index contributed by atoms with van der Waals surface area (Å²) in [6.45, 7) is 0.266. The van der Waals surface area contributed by atoms with Gasteiger partial charge in [-0.3, -0.25) is 19.5 Å². The molecule has 2 aromatic heterocycles. The van der Waals surface area contributed by atoms with E-state index < -0.39 is 46.1 Å². The number of pyridine rings is 2. The van der Waals surface area contributed by atoms with Gasteiger partial charge in [0.05, 0.1) is 23.0 Å². The fraction of sp³-hybridized carbons (Fsp3) is 0.296. The minimum Gasteiger partial charge on any atom is -0.352 e. The van der Waals surface area contributed by atoms with Crippen molar-refractivity contribution in [1.29, 1.82) is 5.26 Å². The molecule has 5 rings (SSSR count). The molecule has 1 aromatic carbocycles. The summed E-state index contributed by atoms with van der Waals surface area (Å²) in [6.07, 6.45) is 1.41. The van der Waals surface area contributed by atoms with Crippen LogP contribution in [-0.2, 0) is 17.4 Å². The lowest BCUT2D eigenvalue weighted by Crippen LogP contribution is -2.55. The third-order valence-corrected chi connectivity index (χ3v) is 7.64. The molecular formula is C27H22F4N6O2S. The largest absolute Gasteiger partial charge is 0.419 e. The van der Waals surface area contributed by atoms with E-state index in [0.717, 1.165) is 22.7 Å². The van der Waals surface area contributed by atoms with Gasteiger partial charge in [-0.05, 0) is 61.6 Å². The molecule has 1 saturated carbocycles. The highest BCUT2D eigenvalue weighted by atomic mass is 32.1. The molecule has 3 aromatic rings. The van der Waals surface area contributed by atoms with Crippen LogP contribution in [0.25, 0.3) is 0 Å². The van der Waals surface area contributed by atoms with E-state index in [0.29, 0.717) is 31.7 Å². The first kappa shape index (κ1) is 27.4. The number of hydrogen-bond acceptors (Lipinski definition) is 7. The smallest absolute Gasteiger partial charge is 0.352 e. The number of aromatic nitrogens is 2. The van der Waals surface area contributed by atoms with Crippen molar-refractivity contribution >= 4 is 35.8 Å². The van der Waals surface area contributed by atoms with E-state index in [1.165, 1.54) is 18.2 Å². The van der Waals surface area contributed by atoms with Crippen LogP contribution in [0.2, 0.25) is 0 Å². The van der Waals surface area contributed by atoms with Crippen molar-refractivity contribution in [2.45, 2.75) is 42.9 Å². The molecule has 40 heavy (non-hydrogen) atoms. The Labute approximate surface area is 232 Å². The van der Waals surface area contributed by atoms with Gasteiger partial charge in [-0.25, -0.2) is 9.37 Å². The number of halogens is 4. The number of benzene rings is 1. The molecule has 1 unspecified atom stereocenters. The van der Waals surface area contributed by atoms with Gasteiger partial charge in [0, 0.05) is 24.6 Å². The van der Waals surface area contributed by atoms with Crippen LogP contribution < -0.4 is 15.1 Å². The lowest BCUT2D eigenvalue weighted by atomic mass is 9.75. The highest BCUT2D eigenvalue weighted by molar-refractivity contribution is 7.81. The Hall–Kier alpha value is -4.18. The van der Waals surface area contributed by atoms with E-state index in [1.54, 1.807) is 23.4 Å². The first-order chi connectivity index (χ1) is 19.1. The molecule has 0 bridgehead atoms. The van der Waals surface area contributed by atoms with Crippen molar-refractivity contribution < 1.29 is 27.2 Å². The number of anilines is 2. The molecule has 0 radical (unpaired) electrons. The van der Waals surface area contributed by atoms with Crippen molar-refractivity contribution in [2.75, 3.05) is 16.3 Å². The molecule has 1 N–H and O–H groups in total. The zero-order valence-corrected chi connectivity index (χ0v) is 21.7. The van der Waals surface area contributed by atoms with Crippen molar-refractivity contribution in [2.24, 2.45) is 0 Å². The predicted molar refractivity (Wildman–Crippen MR) is 140 cm³/mol. The summed E-state index contributed by atoms with van der Waals surface area (Å²) in [6, 6.07) is 9.65. The van der Waals surface area contributed by atoms with Crippen LogP contribution in [0.15, 0.2) is 55.0 Å². The normalized spacial score (nSPS) is 18.0. The molecule has 2 amide bonds. The van der Waals surface area contributed by atoms with Gasteiger partial charge < -0.3 is 10.2 Å². The van der Waals surface area contributed by atoms with Gasteiger partial charge in [-0.1, -0.05) is 6.07 Å². The van der Waals surface area contributed by atoms with Gasteiger partial charge in [0.2, 0.25) is 0 Å². The number of hydrogen-bond donors (Lipinski definition) is 2. The summed E-state index contributed by atoms with van der Waals surface area (Å²) < 4.78 is 55.9. The van der Waals surface area contributed by atoms with Crippen molar-refractivity contribution in [3.63, 3.8) is 0 Å². The lowest BCUT2D eigenvalue weighted by Gasteiger charge is -2.44. The maximum absolute atomic E-state index is 15.2. The quantitative estimate of drug-likeness (QED) is 0.335. The van der Waals surface area contributed by atoms with Crippen LogP contribution >= 0.6 is 12.6 Å². The van der Waals surface area contributed by atoms with Crippen LogP contribution in [0, 0.1) is 17.1 Å². The van der Waals surface area contributed by atoms with Gasteiger partial charge in [0.1, 0.15) is 17.4 Å². The summed E-state index contributed by atoms with van der Waals surface area (Å²) in [5, 5.41) is 11.7. The van der Waals surface area contributed by atoms with E-state index in [2.05, 4.69) is 27.9 Å². The number of nitrogens with one attached hydrogen (secondary N) is 1. The average molecular weight is 571 g/mol. The summed E-state index contributed by atoms with van der Waals surface area (Å²) in [4.78, 5) is 36.5. The van der Waals surface area contributed by atoms with E-state index >= 15 is 4.39 Å². The zero-order valence-electron chi connectivity index (χ0n) is 20.8. The van der Waals surface area contributed by atoms with E-state index in [-0.39, 0.29) is 23.5 Å². The van der Waals surface area contributed by atoms with Crippen molar-refractivity contribution in [3.8, 4) is 6.07 Å². The van der Waals surface area contributed by atoms with Gasteiger partial charge in [0.25, 0.3) is 11.8 Å². The minimum absolute atomic E-state index is 0.185. The van der Waals surface area contributed by atoms with Gasteiger partial charge in [-0.15, -0.1) is 12.6 Å². The number of thiol groups is 1. The van der Waals surface area contributed by atoms with Crippen LogP contribution in [0.1, 0.15) is 46.4 Å². The Bertz CT molecular complexity index is 1510. The van der Waals surface area contributed by atoms with Gasteiger partial charge in [0.15, 0.2) is 11.2 Å². The SMILES string of the molecule is N#Cc1ncc(N2C(=O)C3(CCC3)N(c3ccc(C(=O)NCCc4cccnc4)c(F)c3)C2S)cc1C(F)(F)F. The molecule has 206 valence electrons. The third-order valence-electron chi connectivity index (χ3n) is 7.18. The summed E-state index contributed by atoms with van der Waals surface area (Å²) in [5.41, 5.74) is -3.54. The molecule has 2 aliphatic rings. The highest BCUT2D eigenvalue weighted by Gasteiger charge is 2.60. The number of rotatable bonds is 6. The van der Waals surface area contributed by atoms with Crippen molar-refractivity contribution in [3.05, 3.63) is 83.2 Å². The molecule has 2 fully saturated rings. The molecule has 1 saturated heterocycles. The zero-order chi connectivity index (χ0) is 28.7. The predicted octanol–water partition coefficient (Wildman–Crippen LogP) is 4.47. The second-order valence-corrected chi connectivity index (χ2v) is 9.97. The first-order valence-corrected chi connectivity index (χ1v) is 12.8. The Kier molecular flexibility index (Phi) is 7.14. The Morgan fingerprint density at radius 1 is 1.20 bits per heavy atom. The maximum Gasteiger partial charge on any atom is 0.419 e. The minimum atomic E-state index is -4.87. The monoisotopic (exact) mass is 570 g/mol. The number of amides is 2. The molecule has 8 nitrogen and oxygen atoms in total. The summed E-state index contributed by atoms with van der Waals surface area (Å²) in [7, 11) is 0. The molecular weight excluding hydrogens is 548 g/mol. The third kappa shape index (κ3) is 4.72. The number of nitrogens with zero attached hydrogens (tertiary/aromatic N) is 5. The molecule has 3 heterocycles. The van der Waals surface area contributed by atoms with Gasteiger partial charge in [-0.2, -0.15) is 18.4 Å². The Morgan fingerprint density at radius 3 is 2.58 bits per heavy atom. The Morgan fingerprint density at radius 2 is 1.98 bits per heavy atom. The topological polar surface area (TPSA) is 102 Å². The lowest BCUT2D eigenvalue weighted by molar-refractivity contribution is -0.138. The standard InChI is InChI=1S/C27H22F4N6O2S/c28-21-12-17(4-5-19(21)23(38)34-10-6-16-3-1-9-33-14-16)37-25(40)36(24(39)26(37)7-2-8-26)18-11-20(27(29,30)31)22(13-32)35-15-18/h1,3-5,9,11-12,14-15,25,40H,2,6-8,10H2,(H,34,38). The van der Waals surface area contributed by atoms with Crippen LogP contribution in [-0.4, -0.2) is 39.4 Å². The van der Waals surface area contributed by atoms with Crippen LogP contribution in [0.5, 0.6) is 0 Å². The second-order valence-electron chi connectivity index (χ2n) is 9.51. The first-order valence-electron chi connectivity index (χ1n) is 12.3. The van der Waals surface area contributed by atoms with E-state index in [1.807, 2.05) is 6.07 Å². The summed E-state index contributed by atoms with van der Waals surface area (Å²) in [5.74, 6) is -1.94. The molecule has 1 atom stereocenters. The highest BCUT2D eigenvalue weighted by Crippen LogP contribution is 2.50. The fourth-order valence-corrected chi connectivity index (χ4v) is 5.65. The fourth-order valence-electron chi connectivity index (χ4n) is 5.06. The number of nitriles is 1. The van der Waals surface area contributed by atoms with Crippen LogP contribution in [0.4, 0.5) is 28.9 Å². The second kappa shape index (κ2) is 10.4. The van der Waals surface area contributed by atoms with Gasteiger partial charge >= 0.3 is 6.18 Å². The maximum atomic E-state index is 15.2.